The quantitative estimate of drug-likeness (QED) is 0.403. The third-order valence-electron chi connectivity index (χ3n) is 5.87. The number of benzene rings is 2. The Kier molecular flexibility index (Phi) is 4.94. The number of pyridine rings is 1. The zero-order valence-electron chi connectivity index (χ0n) is 17.5. The number of halogens is 1. The molecular weight excluding hydrogens is 490 g/mol. The van der Waals surface area contributed by atoms with E-state index in [4.69, 9.17) is 0 Å². The van der Waals surface area contributed by atoms with E-state index in [0.29, 0.717) is 23.1 Å². The predicted molar refractivity (Wildman–Crippen MR) is 127 cm³/mol. The Morgan fingerprint density at radius 3 is 2.53 bits per heavy atom. The number of carbonyl (C=O) groups is 1. The van der Waals surface area contributed by atoms with Crippen molar-refractivity contribution in [1.82, 2.24) is 13.9 Å². The van der Waals surface area contributed by atoms with E-state index >= 15 is 0 Å². The molecule has 4 aromatic rings. The SMILES string of the molecule is Cc1ccc(S(=O)(=O)n2cc(-c3ccc4c(c3)CCN(C)C4=O)c3cc(Br)cnc32)cc1. The average molecular weight is 510 g/mol. The topological polar surface area (TPSA) is 72.3 Å². The first-order valence-corrected chi connectivity index (χ1v) is 12.4. The summed E-state index contributed by atoms with van der Waals surface area (Å²) >= 11 is 3.45. The minimum Gasteiger partial charge on any atom is -0.341 e. The van der Waals surface area contributed by atoms with Gasteiger partial charge in [-0.25, -0.2) is 17.4 Å². The van der Waals surface area contributed by atoms with Crippen LogP contribution < -0.4 is 0 Å². The number of nitrogens with zero attached hydrogens (tertiary/aromatic N) is 3. The van der Waals surface area contributed by atoms with E-state index in [2.05, 4.69) is 20.9 Å². The summed E-state index contributed by atoms with van der Waals surface area (Å²) in [7, 11) is -2.04. The Labute approximate surface area is 194 Å². The van der Waals surface area contributed by atoms with Gasteiger partial charge in [-0.15, -0.1) is 0 Å². The van der Waals surface area contributed by atoms with Crippen molar-refractivity contribution in [3.63, 3.8) is 0 Å². The van der Waals surface area contributed by atoms with Crippen LogP contribution in [0.3, 0.4) is 0 Å². The highest BCUT2D eigenvalue weighted by Crippen LogP contribution is 2.35. The van der Waals surface area contributed by atoms with Crippen LogP contribution >= 0.6 is 15.9 Å². The van der Waals surface area contributed by atoms with Gasteiger partial charge < -0.3 is 4.90 Å². The fourth-order valence-corrected chi connectivity index (χ4v) is 5.72. The number of likely N-dealkylation sites (N-methyl/N-ethyl adjacent to an activating group) is 1. The fourth-order valence-electron chi connectivity index (χ4n) is 4.06. The largest absolute Gasteiger partial charge is 0.341 e. The highest BCUT2D eigenvalue weighted by Gasteiger charge is 2.25. The molecule has 1 aliphatic rings. The van der Waals surface area contributed by atoms with Gasteiger partial charge >= 0.3 is 0 Å². The molecule has 2 aromatic carbocycles. The molecule has 1 amide bonds. The summed E-state index contributed by atoms with van der Waals surface area (Å²) in [5, 5.41) is 0.717. The maximum absolute atomic E-state index is 13.5. The third-order valence-corrected chi connectivity index (χ3v) is 7.96. The molecule has 0 spiro atoms. The maximum Gasteiger partial charge on any atom is 0.269 e. The van der Waals surface area contributed by atoms with Gasteiger partial charge in [-0.2, -0.15) is 0 Å². The van der Waals surface area contributed by atoms with Crippen LogP contribution in [0.1, 0.15) is 21.5 Å². The van der Waals surface area contributed by atoms with Crippen molar-refractivity contribution in [2.24, 2.45) is 0 Å². The van der Waals surface area contributed by atoms with Gasteiger partial charge in [-0.1, -0.05) is 29.8 Å². The van der Waals surface area contributed by atoms with Crippen LogP contribution in [-0.4, -0.2) is 41.8 Å². The molecular formula is C24H20BrN3O3S. The molecule has 0 saturated heterocycles. The zero-order chi connectivity index (χ0) is 22.6. The number of aryl methyl sites for hydroxylation is 1. The highest BCUT2D eigenvalue weighted by molar-refractivity contribution is 9.10. The molecule has 2 aromatic heterocycles. The van der Waals surface area contributed by atoms with Crippen molar-refractivity contribution >= 4 is 42.9 Å². The van der Waals surface area contributed by atoms with E-state index in [1.54, 1.807) is 48.6 Å². The first-order chi connectivity index (χ1) is 15.3. The number of carbonyl (C=O) groups excluding carboxylic acids is 1. The first kappa shape index (κ1) is 20.9. The number of aromatic nitrogens is 2. The van der Waals surface area contributed by atoms with E-state index < -0.39 is 10.0 Å². The molecule has 0 unspecified atom stereocenters. The third kappa shape index (κ3) is 3.34. The van der Waals surface area contributed by atoms with Gasteiger partial charge in [0.1, 0.15) is 0 Å². The standard InChI is InChI=1S/C24H20BrN3O3S/c1-15-3-6-19(7-4-15)32(30,31)28-14-22(21-12-18(25)13-26-23(21)28)16-5-8-20-17(11-16)9-10-27(2)24(20)29/h3-8,11-14H,9-10H2,1-2H3. The lowest BCUT2D eigenvalue weighted by atomic mass is 9.94. The number of amides is 1. The Morgan fingerprint density at radius 2 is 1.78 bits per heavy atom. The first-order valence-electron chi connectivity index (χ1n) is 10.1. The second-order valence-electron chi connectivity index (χ2n) is 8.03. The summed E-state index contributed by atoms with van der Waals surface area (Å²) in [6.07, 6.45) is 3.97. The summed E-state index contributed by atoms with van der Waals surface area (Å²) in [5.74, 6) is 0.00610. The molecule has 0 fully saturated rings. The van der Waals surface area contributed by atoms with Crippen LogP contribution in [0.5, 0.6) is 0 Å². The minimum absolute atomic E-state index is 0.00610. The summed E-state index contributed by atoms with van der Waals surface area (Å²) in [5.41, 5.74) is 4.60. The number of hydrogen-bond donors (Lipinski definition) is 0. The van der Waals surface area contributed by atoms with Crippen molar-refractivity contribution < 1.29 is 13.2 Å². The maximum atomic E-state index is 13.5. The predicted octanol–water partition coefficient (Wildman–Crippen LogP) is 4.64. The van der Waals surface area contributed by atoms with E-state index in [1.165, 1.54) is 3.97 Å². The fraction of sp³-hybridized carbons (Fsp3) is 0.167. The lowest BCUT2D eigenvalue weighted by Gasteiger charge is -2.25. The summed E-state index contributed by atoms with van der Waals surface area (Å²) < 4.78 is 28.9. The van der Waals surface area contributed by atoms with Gasteiger partial charge in [0, 0.05) is 47.0 Å². The van der Waals surface area contributed by atoms with Gasteiger partial charge in [0.05, 0.1) is 4.90 Å². The molecule has 0 bridgehead atoms. The van der Waals surface area contributed by atoms with Gasteiger partial charge in [0.15, 0.2) is 5.65 Å². The van der Waals surface area contributed by atoms with Gasteiger partial charge in [-0.05, 0) is 64.7 Å². The van der Waals surface area contributed by atoms with E-state index in [-0.39, 0.29) is 10.8 Å². The molecule has 162 valence electrons. The molecule has 1 aliphatic heterocycles. The summed E-state index contributed by atoms with van der Waals surface area (Å²) in [6.45, 7) is 2.57. The van der Waals surface area contributed by atoms with Crippen LogP contribution in [0.4, 0.5) is 0 Å². The molecule has 0 radical (unpaired) electrons. The molecule has 3 heterocycles. The number of fused-ring (bicyclic) bond motifs is 2. The van der Waals surface area contributed by atoms with Crippen LogP contribution in [0.25, 0.3) is 22.2 Å². The van der Waals surface area contributed by atoms with E-state index in [9.17, 15) is 13.2 Å². The van der Waals surface area contributed by atoms with Crippen LogP contribution in [0.2, 0.25) is 0 Å². The van der Waals surface area contributed by atoms with Crippen LogP contribution in [0.15, 0.2) is 70.3 Å². The van der Waals surface area contributed by atoms with Crippen molar-refractivity contribution in [2.45, 2.75) is 18.2 Å². The van der Waals surface area contributed by atoms with E-state index in [1.807, 2.05) is 31.2 Å². The monoisotopic (exact) mass is 509 g/mol. The molecule has 6 nitrogen and oxygen atoms in total. The molecule has 0 N–H and O–H groups in total. The van der Waals surface area contributed by atoms with E-state index in [0.717, 1.165) is 33.1 Å². The summed E-state index contributed by atoms with van der Waals surface area (Å²) in [6, 6.07) is 14.3. The number of hydrogen-bond acceptors (Lipinski definition) is 4. The van der Waals surface area contributed by atoms with Crippen molar-refractivity contribution in [3.8, 4) is 11.1 Å². The average Bonchev–Trinajstić information content (AvgIpc) is 3.16. The molecule has 0 aliphatic carbocycles. The minimum atomic E-state index is -3.84. The Hall–Kier alpha value is -2.97. The second kappa shape index (κ2) is 7.56. The van der Waals surface area contributed by atoms with Gasteiger partial charge in [0.2, 0.25) is 0 Å². The number of rotatable bonds is 3. The second-order valence-corrected chi connectivity index (χ2v) is 10.8. The van der Waals surface area contributed by atoms with Crippen molar-refractivity contribution in [2.75, 3.05) is 13.6 Å². The molecule has 8 heteroatoms. The Bertz CT molecular complexity index is 1490. The molecule has 32 heavy (non-hydrogen) atoms. The van der Waals surface area contributed by atoms with Crippen LogP contribution in [0, 0.1) is 6.92 Å². The smallest absolute Gasteiger partial charge is 0.269 e. The highest BCUT2D eigenvalue weighted by atomic mass is 79.9. The lowest BCUT2D eigenvalue weighted by Crippen LogP contribution is -2.34. The van der Waals surface area contributed by atoms with Crippen molar-refractivity contribution in [1.29, 1.82) is 0 Å². The molecule has 5 rings (SSSR count). The Balaban J connectivity index is 1.71. The van der Waals surface area contributed by atoms with Gasteiger partial charge in [-0.3, -0.25) is 4.79 Å². The molecule has 0 saturated carbocycles. The normalized spacial score (nSPS) is 14.1. The van der Waals surface area contributed by atoms with Crippen LogP contribution in [-0.2, 0) is 16.4 Å². The van der Waals surface area contributed by atoms with Crippen molar-refractivity contribution in [3.05, 3.63) is 82.1 Å². The molecule has 0 atom stereocenters. The van der Waals surface area contributed by atoms with Gasteiger partial charge in [0.25, 0.3) is 15.9 Å². The zero-order valence-corrected chi connectivity index (χ0v) is 19.9. The Morgan fingerprint density at radius 1 is 1.03 bits per heavy atom. The lowest BCUT2D eigenvalue weighted by molar-refractivity contribution is 0.0781. The summed E-state index contributed by atoms with van der Waals surface area (Å²) in [4.78, 5) is 18.8.